The van der Waals surface area contributed by atoms with Gasteiger partial charge in [0.05, 0.1) is 5.39 Å². The standard InChI is InChI=1S/C25H24N6/c1-2-6-20(7-3-1)29-23-14-18-9-8-17(13-22(18)30-23)19-5-4-12-31(15-19)25-21-10-11-26-24(21)27-16-28-25/h1-3,6-11,13-14,16,19,29-30H,4-5,12,15H2,(H,26,27,28). The molecule has 4 heterocycles. The summed E-state index contributed by atoms with van der Waals surface area (Å²) in [6, 6.07) is 21.3. The van der Waals surface area contributed by atoms with Crippen LogP contribution in [0.25, 0.3) is 21.9 Å². The number of rotatable bonds is 4. The van der Waals surface area contributed by atoms with E-state index in [1.807, 2.05) is 24.4 Å². The average Bonchev–Trinajstić information content (AvgIpc) is 3.45. The van der Waals surface area contributed by atoms with Crippen molar-refractivity contribution in [3.8, 4) is 0 Å². The second-order valence-electron chi connectivity index (χ2n) is 8.24. The molecule has 2 aromatic carbocycles. The summed E-state index contributed by atoms with van der Waals surface area (Å²) in [6.07, 6.45) is 5.94. The van der Waals surface area contributed by atoms with Crippen LogP contribution < -0.4 is 10.2 Å². The third-order valence-corrected chi connectivity index (χ3v) is 6.22. The van der Waals surface area contributed by atoms with Crippen molar-refractivity contribution >= 4 is 39.3 Å². The molecule has 154 valence electrons. The molecule has 1 unspecified atom stereocenters. The maximum absolute atomic E-state index is 4.60. The molecule has 1 fully saturated rings. The van der Waals surface area contributed by atoms with Crippen LogP contribution in [-0.4, -0.2) is 33.0 Å². The molecule has 3 aromatic heterocycles. The van der Waals surface area contributed by atoms with Gasteiger partial charge < -0.3 is 20.2 Å². The zero-order chi connectivity index (χ0) is 20.6. The van der Waals surface area contributed by atoms with E-state index in [4.69, 9.17) is 0 Å². The Bertz CT molecular complexity index is 1340. The summed E-state index contributed by atoms with van der Waals surface area (Å²) < 4.78 is 0. The maximum atomic E-state index is 4.60. The Labute approximate surface area is 180 Å². The molecule has 0 radical (unpaired) electrons. The number of hydrogen-bond acceptors (Lipinski definition) is 4. The lowest BCUT2D eigenvalue weighted by molar-refractivity contribution is 0.508. The summed E-state index contributed by atoms with van der Waals surface area (Å²) in [6.45, 7) is 2.00. The molecule has 1 aliphatic heterocycles. The van der Waals surface area contributed by atoms with Crippen LogP contribution in [0.1, 0.15) is 24.3 Å². The van der Waals surface area contributed by atoms with Crippen molar-refractivity contribution in [1.29, 1.82) is 0 Å². The second-order valence-corrected chi connectivity index (χ2v) is 8.24. The number of nitrogens with one attached hydrogen (secondary N) is 3. The number of para-hydroxylation sites is 1. The summed E-state index contributed by atoms with van der Waals surface area (Å²) >= 11 is 0. The van der Waals surface area contributed by atoms with Gasteiger partial charge in [-0.15, -0.1) is 0 Å². The van der Waals surface area contributed by atoms with Crippen LogP contribution in [0.5, 0.6) is 0 Å². The second kappa shape index (κ2) is 7.47. The highest BCUT2D eigenvalue weighted by Crippen LogP contribution is 2.33. The first-order valence-electron chi connectivity index (χ1n) is 10.8. The first-order chi connectivity index (χ1) is 15.3. The fourth-order valence-electron chi connectivity index (χ4n) is 4.70. The zero-order valence-electron chi connectivity index (χ0n) is 17.2. The molecule has 6 rings (SSSR count). The van der Waals surface area contributed by atoms with E-state index in [-0.39, 0.29) is 0 Å². The van der Waals surface area contributed by atoms with Gasteiger partial charge in [-0.05, 0) is 48.7 Å². The smallest absolute Gasteiger partial charge is 0.142 e. The molecule has 6 nitrogen and oxygen atoms in total. The highest BCUT2D eigenvalue weighted by molar-refractivity contribution is 5.87. The van der Waals surface area contributed by atoms with Crippen LogP contribution in [0.4, 0.5) is 17.3 Å². The van der Waals surface area contributed by atoms with Crippen LogP contribution in [0.2, 0.25) is 0 Å². The number of nitrogens with zero attached hydrogens (tertiary/aromatic N) is 3. The molecule has 0 aliphatic carbocycles. The largest absolute Gasteiger partial charge is 0.355 e. The highest BCUT2D eigenvalue weighted by Gasteiger charge is 2.24. The third kappa shape index (κ3) is 3.40. The predicted octanol–water partition coefficient (Wildman–Crippen LogP) is 5.57. The highest BCUT2D eigenvalue weighted by atomic mass is 15.2. The number of anilines is 3. The van der Waals surface area contributed by atoms with Gasteiger partial charge >= 0.3 is 0 Å². The molecule has 1 atom stereocenters. The third-order valence-electron chi connectivity index (χ3n) is 6.22. The van der Waals surface area contributed by atoms with E-state index in [1.165, 1.54) is 22.9 Å². The molecule has 1 saturated heterocycles. The fourth-order valence-corrected chi connectivity index (χ4v) is 4.70. The van der Waals surface area contributed by atoms with E-state index < -0.39 is 0 Å². The van der Waals surface area contributed by atoms with Crippen molar-refractivity contribution in [2.75, 3.05) is 23.3 Å². The molecule has 5 aromatic rings. The van der Waals surface area contributed by atoms with Gasteiger partial charge in [0.1, 0.15) is 23.6 Å². The van der Waals surface area contributed by atoms with Crippen molar-refractivity contribution in [1.82, 2.24) is 19.9 Å². The Kier molecular flexibility index (Phi) is 4.34. The van der Waals surface area contributed by atoms with Gasteiger partial charge in [0, 0.05) is 41.8 Å². The number of fused-ring (bicyclic) bond motifs is 2. The minimum Gasteiger partial charge on any atom is -0.355 e. The number of H-pyrrole nitrogens is 2. The van der Waals surface area contributed by atoms with E-state index in [9.17, 15) is 0 Å². The minimum absolute atomic E-state index is 0.482. The monoisotopic (exact) mass is 408 g/mol. The lowest BCUT2D eigenvalue weighted by atomic mass is 9.90. The minimum atomic E-state index is 0.482. The Morgan fingerprint density at radius 3 is 2.87 bits per heavy atom. The molecule has 31 heavy (non-hydrogen) atoms. The summed E-state index contributed by atoms with van der Waals surface area (Å²) in [4.78, 5) is 18.1. The predicted molar refractivity (Wildman–Crippen MR) is 126 cm³/mol. The Hall–Kier alpha value is -3.80. The van der Waals surface area contributed by atoms with Gasteiger partial charge in [0.25, 0.3) is 0 Å². The van der Waals surface area contributed by atoms with E-state index in [1.54, 1.807) is 6.33 Å². The Balaban J connectivity index is 1.26. The molecule has 0 bridgehead atoms. The first kappa shape index (κ1) is 18.0. The average molecular weight is 409 g/mol. The van der Waals surface area contributed by atoms with Crippen molar-refractivity contribution in [2.45, 2.75) is 18.8 Å². The van der Waals surface area contributed by atoms with Gasteiger partial charge in [-0.3, -0.25) is 0 Å². The lowest BCUT2D eigenvalue weighted by Crippen LogP contribution is -2.35. The van der Waals surface area contributed by atoms with Crippen LogP contribution in [0.15, 0.2) is 73.2 Å². The SMILES string of the molecule is c1ccc(Nc2cc3ccc(C4CCCN(c5ncnc6[nH]ccc56)C4)cc3[nH]2)cc1. The van der Waals surface area contributed by atoms with Crippen molar-refractivity contribution in [3.63, 3.8) is 0 Å². The van der Waals surface area contributed by atoms with Crippen molar-refractivity contribution < 1.29 is 0 Å². The summed E-state index contributed by atoms with van der Waals surface area (Å²) in [5, 5.41) is 5.77. The van der Waals surface area contributed by atoms with Crippen LogP contribution in [0, 0.1) is 0 Å². The van der Waals surface area contributed by atoms with Gasteiger partial charge in [-0.1, -0.05) is 30.3 Å². The van der Waals surface area contributed by atoms with Gasteiger partial charge in [-0.2, -0.15) is 0 Å². The normalized spacial score (nSPS) is 16.8. The molecule has 3 N–H and O–H groups in total. The van der Waals surface area contributed by atoms with Crippen LogP contribution in [-0.2, 0) is 0 Å². The van der Waals surface area contributed by atoms with E-state index >= 15 is 0 Å². The van der Waals surface area contributed by atoms with E-state index in [2.05, 4.69) is 72.6 Å². The summed E-state index contributed by atoms with van der Waals surface area (Å²) in [5.74, 6) is 2.53. The van der Waals surface area contributed by atoms with Crippen molar-refractivity contribution in [3.05, 3.63) is 78.8 Å². The van der Waals surface area contributed by atoms with E-state index in [0.29, 0.717) is 5.92 Å². The molecule has 0 amide bonds. The van der Waals surface area contributed by atoms with Crippen LogP contribution in [0.3, 0.4) is 0 Å². The molecule has 0 saturated carbocycles. The number of aromatic nitrogens is 4. The van der Waals surface area contributed by atoms with Gasteiger partial charge in [0.15, 0.2) is 0 Å². The topological polar surface area (TPSA) is 72.6 Å². The van der Waals surface area contributed by atoms with Crippen molar-refractivity contribution in [2.24, 2.45) is 0 Å². The molecular formula is C25H24N6. The van der Waals surface area contributed by atoms with Gasteiger partial charge in [0.2, 0.25) is 0 Å². The Morgan fingerprint density at radius 1 is 1.00 bits per heavy atom. The first-order valence-corrected chi connectivity index (χ1v) is 10.8. The number of benzene rings is 2. The summed E-state index contributed by atoms with van der Waals surface area (Å²) in [7, 11) is 0. The van der Waals surface area contributed by atoms with E-state index in [0.717, 1.165) is 47.9 Å². The number of piperidine rings is 1. The molecule has 1 aliphatic rings. The molecular weight excluding hydrogens is 384 g/mol. The molecule has 0 spiro atoms. The Morgan fingerprint density at radius 2 is 1.94 bits per heavy atom. The molecule has 6 heteroatoms. The number of hydrogen-bond donors (Lipinski definition) is 3. The maximum Gasteiger partial charge on any atom is 0.142 e. The summed E-state index contributed by atoms with van der Waals surface area (Å²) in [5.41, 5.74) is 4.53. The quantitative estimate of drug-likeness (QED) is 0.364. The lowest BCUT2D eigenvalue weighted by Gasteiger charge is -2.34. The fraction of sp³-hybridized carbons (Fsp3) is 0.200. The van der Waals surface area contributed by atoms with Gasteiger partial charge in [-0.25, -0.2) is 9.97 Å². The number of aromatic amines is 2. The zero-order valence-corrected chi connectivity index (χ0v) is 17.2. The van der Waals surface area contributed by atoms with Crippen LogP contribution >= 0.6 is 0 Å².